The summed E-state index contributed by atoms with van der Waals surface area (Å²) in [5.74, 6) is 0.236. The van der Waals surface area contributed by atoms with E-state index in [-0.39, 0.29) is 12.4 Å². The molecule has 2 atom stereocenters. The predicted octanol–water partition coefficient (Wildman–Crippen LogP) is 6.02. The maximum atomic E-state index is 11.4. The molecule has 3 nitrogen and oxygen atoms in total. The summed E-state index contributed by atoms with van der Waals surface area (Å²) in [4.78, 5) is 11.4. The van der Waals surface area contributed by atoms with E-state index in [2.05, 4.69) is 67.7 Å². The summed E-state index contributed by atoms with van der Waals surface area (Å²) >= 11 is 0. The van der Waals surface area contributed by atoms with Gasteiger partial charge < -0.3 is 9.84 Å². The van der Waals surface area contributed by atoms with Crippen LogP contribution in [0.3, 0.4) is 0 Å². The van der Waals surface area contributed by atoms with Crippen LogP contribution in [0.25, 0.3) is 0 Å². The molecule has 0 radical (unpaired) electrons. The number of Topliss-reactive ketones (excluding diaryl/α,β-unsaturated/α-hetero) is 1. The van der Waals surface area contributed by atoms with Gasteiger partial charge in [0.1, 0.15) is 5.78 Å². The van der Waals surface area contributed by atoms with Crippen molar-refractivity contribution in [3.8, 4) is 0 Å². The molecule has 0 aromatic carbocycles. The van der Waals surface area contributed by atoms with E-state index in [0.717, 1.165) is 44.9 Å². The summed E-state index contributed by atoms with van der Waals surface area (Å²) in [6, 6.07) is 0. The van der Waals surface area contributed by atoms with Gasteiger partial charge in [0.2, 0.25) is 0 Å². The summed E-state index contributed by atoms with van der Waals surface area (Å²) in [7, 11) is 0. The van der Waals surface area contributed by atoms with Gasteiger partial charge in [-0.25, -0.2) is 0 Å². The number of rotatable bonds is 17. The lowest BCUT2D eigenvalue weighted by molar-refractivity contribution is -0.119. The number of aliphatic hydroxyl groups excluding tert-OH is 1. The summed E-state index contributed by atoms with van der Waals surface area (Å²) in [6.07, 6.45) is 31.0. The van der Waals surface area contributed by atoms with Gasteiger partial charge >= 0.3 is 0 Å². The van der Waals surface area contributed by atoms with Crippen molar-refractivity contribution in [2.45, 2.75) is 83.3 Å². The van der Waals surface area contributed by atoms with Gasteiger partial charge in [0.15, 0.2) is 0 Å². The van der Waals surface area contributed by atoms with Gasteiger partial charge in [-0.1, -0.05) is 67.7 Å². The Morgan fingerprint density at radius 2 is 1.32 bits per heavy atom. The smallest absolute Gasteiger partial charge is 0.133 e. The third-order valence-electron chi connectivity index (χ3n) is 4.51. The van der Waals surface area contributed by atoms with E-state index in [1.807, 2.05) is 0 Å². The molecule has 1 saturated heterocycles. The van der Waals surface area contributed by atoms with Crippen LogP contribution in [0.4, 0.5) is 0 Å². The maximum Gasteiger partial charge on any atom is 0.133 e. The van der Waals surface area contributed by atoms with Crippen LogP contribution < -0.4 is 0 Å². The Labute approximate surface area is 171 Å². The zero-order chi connectivity index (χ0) is 20.3. The molecule has 0 aromatic rings. The van der Waals surface area contributed by atoms with E-state index in [1.165, 1.54) is 0 Å². The molecular weight excluding hydrogens is 348 g/mol. The number of carbonyl (C=O) groups is 1. The minimum atomic E-state index is 0.1000. The van der Waals surface area contributed by atoms with Gasteiger partial charge in [-0.2, -0.15) is 0 Å². The molecule has 0 amide bonds. The van der Waals surface area contributed by atoms with Crippen LogP contribution in [0.15, 0.2) is 60.8 Å². The highest BCUT2D eigenvalue weighted by molar-refractivity contribution is 5.78. The van der Waals surface area contributed by atoms with E-state index in [4.69, 9.17) is 9.84 Å². The van der Waals surface area contributed by atoms with Gasteiger partial charge in [-0.15, -0.1) is 0 Å². The molecule has 1 fully saturated rings. The van der Waals surface area contributed by atoms with Crippen LogP contribution in [0.5, 0.6) is 0 Å². The molecule has 2 unspecified atom stereocenters. The molecule has 1 aliphatic rings. The summed E-state index contributed by atoms with van der Waals surface area (Å²) < 4.78 is 5.69. The monoisotopic (exact) mass is 386 g/mol. The molecule has 0 bridgehead atoms. The second-order valence-electron chi connectivity index (χ2n) is 7.06. The normalized spacial score (nSPS) is 19.9. The fourth-order valence-electron chi connectivity index (χ4n) is 2.80. The van der Waals surface area contributed by atoms with E-state index in [0.29, 0.717) is 31.5 Å². The van der Waals surface area contributed by atoms with Crippen LogP contribution in [0.2, 0.25) is 0 Å². The zero-order valence-corrected chi connectivity index (χ0v) is 17.5. The number of hydrogen-bond donors (Lipinski definition) is 1. The van der Waals surface area contributed by atoms with Gasteiger partial charge in [0.25, 0.3) is 0 Å². The molecule has 0 saturated carbocycles. The number of ether oxygens (including phenoxy) is 1. The van der Waals surface area contributed by atoms with Gasteiger partial charge in [0.05, 0.1) is 12.2 Å². The second kappa shape index (κ2) is 17.4. The van der Waals surface area contributed by atoms with Crippen LogP contribution >= 0.6 is 0 Å². The maximum absolute atomic E-state index is 11.4. The van der Waals surface area contributed by atoms with Crippen LogP contribution in [0, 0.1) is 0 Å². The molecule has 0 spiro atoms. The van der Waals surface area contributed by atoms with Crippen LogP contribution in [-0.2, 0) is 9.53 Å². The largest absolute Gasteiger partial charge is 0.396 e. The Hall–Kier alpha value is -1.71. The van der Waals surface area contributed by atoms with E-state index in [9.17, 15) is 4.79 Å². The lowest BCUT2D eigenvalue weighted by Crippen LogP contribution is -1.98. The average Bonchev–Trinajstić information content (AvgIpc) is 3.45. The minimum Gasteiger partial charge on any atom is -0.396 e. The van der Waals surface area contributed by atoms with Crippen molar-refractivity contribution in [2.24, 2.45) is 0 Å². The molecule has 28 heavy (non-hydrogen) atoms. The first-order valence-electron chi connectivity index (χ1n) is 10.8. The highest BCUT2D eigenvalue weighted by atomic mass is 16.6. The topological polar surface area (TPSA) is 49.8 Å². The Morgan fingerprint density at radius 3 is 1.89 bits per heavy atom. The van der Waals surface area contributed by atoms with E-state index in [1.54, 1.807) is 0 Å². The third kappa shape index (κ3) is 14.4. The van der Waals surface area contributed by atoms with Gasteiger partial charge in [-0.05, 0) is 51.4 Å². The molecule has 1 rings (SSSR count). The fraction of sp³-hybridized carbons (Fsp3) is 0.560. The average molecular weight is 387 g/mol. The predicted molar refractivity (Wildman–Crippen MR) is 118 cm³/mol. The summed E-state index contributed by atoms with van der Waals surface area (Å²) in [5, 5.41) is 8.68. The molecular formula is C25H38O3. The van der Waals surface area contributed by atoms with Crippen molar-refractivity contribution in [1.82, 2.24) is 0 Å². The number of carbonyl (C=O) groups excluding carboxylic acids is 1. The lowest BCUT2D eigenvalue weighted by atomic mass is 10.1. The Balaban J connectivity index is 1.96. The van der Waals surface area contributed by atoms with Crippen molar-refractivity contribution < 1.29 is 14.6 Å². The van der Waals surface area contributed by atoms with Crippen LogP contribution in [-0.4, -0.2) is 29.7 Å². The Kier molecular flexibility index (Phi) is 15.1. The lowest BCUT2D eigenvalue weighted by Gasteiger charge is -1.95. The highest BCUT2D eigenvalue weighted by Gasteiger charge is 2.35. The number of aliphatic hydroxyl groups is 1. The van der Waals surface area contributed by atoms with Crippen molar-refractivity contribution in [1.29, 1.82) is 0 Å². The first-order chi connectivity index (χ1) is 13.8. The second-order valence-corrected chi connectivity index (χ2v) is 7.06. The van der Waals surface area contributed by atoms with Crippen LogP contribution in [0.1, 0.15) is 71.1 Å². The first-order valence-corrected chi connectivity index (χ1v) is 10.8. The van der Waals surface area contributed by atoms with Gasteiger partial charge in [-0.3, -0.25) is 4.79 Å². The molecule has 1 aliphatic heterocycles. The number of epoxide rings is 1. The van der Waals surface area contributed by atoms with Crippen molar-refractivity contribution in [3.63, 3.8) is 0 Å². The molecule has 3 heteroatoms. The molecule has 0 aliphatic carbocycles. The number of allylic oxidation sites excluding steroid dienone is 8. The van der Waals surface area contributed by atoms with Crippen molar-refractivity contribution in [3.05, 3.63) is 60.8 Å². The molecule has 1 N–H and O–H groups in total. The molecule has 1 heterocycles. The van der Waals surface area contributed by atoms with E-state index >= 15 is 0 Å². The van der Waals surface area contributed by atoms with Crippen molar-refractivity contribution in [2.75, 3.05) is 6.61 Å². The summed E-state index contributed by atoms with van der Waals surface area (Å²) in [6.45, 7) is 2.25. The molecule has 156 valence electrons. The Morgan fingerprint density at radius 1 is 0.786 bits per heavy atom. The zero-order valence-electron chi connectivity index (χ0n) is 17.5. The number of hydrogen-bond acceptors (Lipinski definition) is 3. The standard InChI is InChI=1S/C25H38O3/c1-2-3-4-5-6-7-8-12-15-20-24-25(28-24)21-16-13-10-9-11-14-18-23(27)19-17-22-26/h3-4,6-7,9,11-13,15-16,24-26H,2,5,8,10,14,17-22H2,1H3/b4-3-,7-6-,11-9-,15-12-,16-13-. The van der Waals surface area contributed by atoms with Crippen molar-refractivity contribution >= 4 is 5.78 Å². The third-order valence-corrected chi connectivity index (χ3v) is 4.51. The SMILES string of the molecule is CC/C=C\C/C=C\C/C=C\CC1OC1C/C=C\C/C=C\CCC(=O)CCCO. The van der Waals surface area contributed by atoms with E-state index < -0.39 is 0 Å². The quantitative estimate of drug-likeness (QED) is 0.246. The Bertz CT molecular complexity index is 540. The minimum absolute atomic E-state index is 0.1000. The molecule has 0 aromatic heterocycles. The first kappa shape index (κ1) is 24.3. The fourth-order valence-corrected chi connectivity index (χ4v) is 2.80. The van der Waals surface area contributed by atoms with Gasteiger partial charge in [0, 0.05) is 19.4 Å². The number of ketones is 1. The summed E-state index contributed by atoms with van der Waals surface area (Å²) in [5.41, 5.74) is 0. The highest BCUT2D eigenvalue weighted by Crippen LogP contribution is 2.29.